The van der Waals surface area contributed by atoms with E-state index in [9.17, 15) is 0 Å². The van der Waals surface area contributed by atoms with Gasteiger partial charge in [0.2, 0.25) is 5.88 Å². The molecule has 1 aromatic carbocycles. The Bertz CT molecular complexity index is 579. The van der Waals surface area contributed by atoms with E-state index in [4.69, 9.17) is 26.6 Å². The molecule has 1 heterocycles. The Morgan fingerprint density at radius 3 is 2.79 bits per heavy atom. The zero-order chi connectivity index (χ0) is 14.0. The van der Waals surface area contributed by atoms with Gasteiger partial charge in [-0.25, -0.2) is 0 Å². The van der Waals surface area contributed by atoms with Gasteiger partial charge >= 0.3 is 0 Å². The Balaban J connectivity index is 2.57. The number of nitrogens with zero attached hydrogens (tertiary/aromatic N) is 1. The summed E-state index contributed by atoms with van der Waals surface area (Å²) < 4.78 is 10.5. The van der Waals surface area contributed by atoms with Gasteiger partial charge in [0.25, 0.3) is 0 Å². The molecule has 5 heteroatoms. The van der Waals surface area contributed by atoms with Crippen LogP contribution in [0.25, 0.3) is 11.1 Å². The fourth-order valence-corrected chi connectivity index (χ4v) is 2.20. The van der Waals surface area contributed by atoms with Crippen molar-refractivity contribution >= 4 is 17.5 Å². The third-order valence-corrected chi connectivity index (χ3v) is 3.06. The van der Waals surface area contributed by atoms with Crippen LogP contribution in [-0.4, -0.2) is 12.3 Å². The van der Waals surface area contributed by atoms with Crippen molar-refractivity contribution in [3.05, 3.63) is 28.9 Å². The number of halogens is 1. The largest absolute Gasteiger partial charge is 0.496 e. The molecule has 102 valence electrons. The minimum absolute atomic E-state index is 0.288. The molecule has 0 saturated carbocycles. The van der Waals surface area contributed by atoms with E-state index in [-0.39, 0.29) is 5.88 Å². The smallest absolute Gasteiger partial charge is 0.230 e. The van der Waals surface area contributed by atoms with Crippen LogP contribution in [-0.2, 0) is 6.42 Å². The highest BCUT2D eigenvalue weighted by atomic mass is 35.5. The predicted molar refractivity (Wildman–Crippen MR) is 76.5 cm³/mol. The lowest BCUT2D eigenvalue weighted by Gasteiger charge is -2.10. The molecule has 2 rings (SSSR count). The summed E-state index contributed by atoms with van der Waals surface area (Å²) in [6, 6.07) is 5.39. The molecule has 1 aromatic heterocycles. The molecule has 0 aliphatic carbocycles. The third kappa shape index (κ3) is 2.84. The molecule has 0 radical (unpaired) electrons. The number of rotatable bonds is 4. The SMILES string of the molecule is COc1ccc(Cl)cc1-c1c(CC(C)C)noc1N. The summed E-state index contributed by atoms with van der Waals surface area (Å²) in [5.41, 5.74) is 8.30. The van der Waals surface area contributed by atoms with Crippen molar-refractivity contribution in [2.24, 2.45) is 5.92 Å². The number of nitrogens with two attached hydrogens (primary N) is 1. The first-order chi connectivity index (χ1) is 9.02. The number of ether oxygens (including phenoxy) is 1. The van der Waals surface area contributed by atoms with Crippen molar-refractivity contribution in [3.8, 4) is 16.9 Å². The van der Waals surface area contributed by atoms with Crippen molar-refractivity contribution in [1.82, 2.24) is 5.16 Å². The van der Waals surface area contributed by atoms with Gasteiger partial charge in [-0.2, -0.15) is 0 Å². The van der Waals surface area contributed by atoms with Crippen molar-refractivity contribution in [1.29, 1.82) is 0 Å². The summed E-state index contributed by atoms with van der Waals surface area (Å²) in [5, 5.41) is 4.66. The Kier molecular flexibility index (Phi) is 4.00. The molecule has 0 atom stereocenters. The maximum absolute atomic E-state index is 6.05. The molecule has 4 nitrogen and oxygen atoms in total. The first-order valence-corrected chi connectivity index (χ1v) is 6.48. The minimum Gasteiger partial charge on any atom is -0.496 e. The number of hydrogen-bond donors (Lipinski definition) is 1. The molecule has 0 unspecified atom stereocenters. The van der Waals surface area contributed by atoms with Crippen LogP contribution in [0.2, 0.25) is 5.02 Å². The van der Waals surface area contributed by atoms with E-state index >= 15 is 0 Å². The molecule has 19 heavy (non-hydrogen) atoms. The standard InChI is InChI=1S/C14H17ClN2O2/c1-8(2)6-11-13(14(16)19-17-11)10-7-9(15)4-5-12(10)18-3/h4-5,7-8H,6,16H2,1-3H3. The van der Waals surface area contributed by atoms with Gasteiger partial charge in [0.05, 0.1) is 18.4 Å². The number of nitrogen functional groups attached to an aromatic ring is 1. The summed E-state index contributed by atoms with van der Waals surface area (Å²) in [7, 11) is 1.61. The first-order valence-electron chi connectivity index (χ1n) is 6.10. The van der Waals surface area contributed by atoms with Gasteiger partial charge in [0, 0.05) is 10.6 Å². The summed E-state index contributed by atoms with van der Waals surface area (Å²) in [6.45, 7) is 4.23. The molecule has 0 aliphatic heterocycles. The molecule has 0 amide bonds. The van der Waals surface area contributed by atoms with Gasteiger partial charge in [0.1, 0.15) is 5.75 Å². The van der Waals surface area contributed by atoms with Gasteiger partial charge in [-0.1, -0.05) is 30.6 Å². The summed E-state index contributed by atoms with van der Waals surface area (Å²) >= 11 is 6.05. The minimum atomic E-state index is 0.288. The first kappa shape index (κ1) is 13.7. The average Bonchev–Trinajstić information content (AvgIpc) is 2.69. The van der Waals surface area contributed by atoms with Crippen LogP contribution in [0.5, 0.6) is 5.75 Å². The maximum Gasteiger partial charge on any atom is 0.230 e. The summed E-state index contributed by atoms with van der Waals surface area (Å²) in [4.78, 5) is 0. The number of anilines is 1. The van der Waals surface area contributed by atoms with Crippen LogP contribution in [0, 0.1) is 5.92 Å². The lowest BCUT2D eigenvalue weighted by molar-refractivity contribution is 0.416. The van der Waals surface area contributed by atoms with Crippen molar-refractivity contribution in [2.45, 2.75) is 20.3 Å². The van der Waals surface area contributed by atoms with Crippen LogP contribution in [0.1, 0.15) is 19.5 Å². The van der Waals surface area contributed by atoms with Gasteiger partial charge in [-0.05, 0) is 30.5 Å². The Labute approximate surface area is 117 Å². The Morgan fingerprint density at radius 1 is 1.42 bits per heavy atom. The third-order valence-electron chi connectivity index (χ3n) is 2.82. The van der Waals surface area contributed by atoms with Crippen molar-refractivity contribution in [2.75, 3.05) is 12.8 Å². The second-order valence-corrected chi connectivity index (χ2v) is 5.25. The van der Waals surface area contributed by atoms with Crippen LogP contribution in [0.3, 0.4) is 0 Å². The molecule has 0 fully saturated rings. The van der Waals surface area contributed by atoms with Gasteiger partial charge < -0.3 is 15.0 Å². The van der Waals surface area contributed by atoms with Crippen LogP contribution in [0.15, 0.2) is 22.7 Å². The predicted octanol–water partition coefficient (Wildman–Crippen LogP) is 3.78. The van der Waals surface area contributed by atoms with E-state index in [1.165, 1.54) is 0 Å². The maximum atomic E-state index is 6.05. The fraction of sp³-hybridized carbons (Fsp3) is 0.357. The number of hydrogen-bond acceptors (Lipinski definition) is 4. The van der Waals surface area contributed by atoms with E-state index < -0.39 is 0 Å². The highest BCUT2D eigenvalue weighted by molar-refractivity contribution is 6.31. The van der Waals surface area contributed by atoms with E-state index in [0.717, 1.165) is 23.2 Å². The lowest BCUT2D eigenvalue weighted by Crippen LogP contribution is -1.98. The number of methoxy groups -OCH3 is 1. The molecular weight excluding hydrogens is 264 g/mol. The summed E-state index contributed by atoms with van der Waals surface area (Å²) in [5.74, 6) is 1.44. The normalized spacial score (nSPS) is 11.0. The van der Waals surface area contributed by atoms with E-state index in [0.29, 0.717) is 16.7 Å². The molecule has 2 aromatic rings. The van der Waals surface area contributed by atoms with E-state index in [1.54, 1.807) is 13.2 Å². The Hall–Kier alpha value is -1.68. The molecule has 2 N–H and O–H groups in total. The monoisotopic (exact) mass is 280 g/mol. The van der Waals surface area contributed by atoms with E-state index in [1.807, 2.05) is 12.1 Å². The highest BCUT2D eigenvalue weighted by Crippen LogP contribution is 2.38. The highest BCUT2D eigenvalue weighted by Gasteiger charge is 2.20. The Morgan fingerprint density at radius 2 is 2.16 bits per heavy atom. The zero-order valence-electron chi connectivity index (χ0n) is 11.2. The molecular formula is C14H17ClN2O2. The zero-order valence-corrected chi connectivity index (χ0v) is 12.0. The molecule has 0 saturated heterocycles. The molecule has 0 spiro atoms. The van der Waals surface area contributed by atoms with Crippen molar-refractivity contribution in [3.63, 3.8) is 0 Å². The number of aromatic nitrogens is 1. The molecule has 0 aliphatic rings. The second-order valence-electron chi connectivity index (χ2n) is 4.81. The second kappa shape index (κ2) is 5.53. The topological polar surface area (TPSA) is 61.3 Å². The van der Waals surface area contributed by atoms with Gasteiger partial charge in [-0.15, -0.1) is 0 Å². The van der Waals surface area contributed by atoms with Gasteiger partial charge in [0.15, 0.2) is 0 Å². The summed E-state index contributed by atoms with van der Waals surface area (Å²) in [6.07, 6.45) is 0.783. The van der Waals surface area contributed by atoms with Crippen LogP contribution >= 0.6 is 11.6 Å². The van der Waals surface area contributed by atoms with Gasteiger partial charge in [-0.3, -0.25) is 0 Å². The average molecular weight is 281 g/mol. The number of benzene rings is 1. The van der Waals surface area contributed by atoms with E-state index in [2.05, 4.69) is 19.0 Å². The fourth-order valence-electron chi connectivity index (χ4n) is 2.03. The van der Waals surface area contributed by atoms with Crippen molar-refractivity contribution < 1.29 is 9.26 Å². The van der Waals surface area contributed by atoms with Crippen LogP contribution < -0.4 is 10.5 Å². The quantitative estimate of drug-likeness (QED) is 0.926. The lowest BCUT2D eigenvalue weighted by atomic mass is 9.99. The molecule has 0 bridgehead atoms. The van der Waals surface area contributed by atoms with Crippen LogP contribution in [0.4, 0.5) is 5.88 Å².